The average Bonchev–Trinajstić information content (AvgIpc) is 2.13. The lowest BCUT2D eigenvalue weighted by molar-refractivity contribution is 0.335. The summed E-state index contributed by atoms with van der Waals surface area (Å²) in [5, 5.41) is 1.06. The van der Waals surface area contributed by atoms with Crippen molar-refractivity contribution >= 4 is 41.5 Å². The lowest BCUT2D eigenvalue weighted by Crippen LogP contribution is -1.96. The third kappa shape index (κ3) is 3.90. The van der Waals surface area contributed by atoms with E-state index in [0.717, 1.165) is 5.56 Å². The minimum atomic E-state index is -2.27. The molecule has 0 spiro atoms. The van der Waals surface area contributed by atoms with E-state index in [2.05, 4.69) is 0 Å². The van der Waals surface area contributed by atoms with Crippen molar-refractivity contribution in [3.8, 4) is 5.75 Å². The van der Waals surface area contributed by atoms with Crippen LogP contribution in [0.3, 0.4) is 0 Å². The van der Waals surface area contributed by atoms with Crippen LogP contribution in [0.1, 0.15) is 12.5 Å². The van der Waals surface area contributed by atoms with Crippen LogP contribution in [0.4, 0.5) is 0 Å². The van der Waals surface area contributed by atoms with Gasteiger partial charge in [-0.05, 0) is 43.4 Å². The maximum absolute atomic E-state index is 6.01. The molecule has 0 bridgehead atoms. The van der Waals surface area contributed by atoms with E-state index >= 15 is 0 Å². The van der Waals surface area contributed by atoms with Crippen molar-refractivity contribution in [2.75, 3.05) is 13.3 Å². The van der Waals surface area contributed by atoms with E-state index in [9.17, 15) is 0 Å². The molecule has 0 aliphatic rings. The first-order valence-corrected chi connectivity index (χ1v) is 8.57. The Morgan fingerprint density at radius 1 is 1.31 bits per heavy atom. The Bertz CT molecular complexity index is 437. The van der Waals surface area contributed by atoms with Gasteiger partial charge in [0.2, 0.25) is 6.49 Å². The highest BCUT2D eigenvalue weighted by atomic mass is 35.5. The highest BCUT2D eigenvalue weighted by molar-refractivity contribution is 8.09. The van der Waals surface area contributed by atoms with Crippen LogP contribution in [0.25, 0.3) is 0 Å². The first-order valence-electron chi connectivity index (χ1n) is 4.73. The zero-order chi connectivity index (χ0) is 12.3. The normalized spacial score (nSPS) is 14.6. The van der Waals surface area contributed by atoms with Gasteiger partial charge in [0.25, 0.3) is 0 Å². The van der Waals surface area contributed by atoms with E-state index in [0.29, 0.717) is 22.4 Å². The Hall–Kier alpha value is 0.210. The summed E-state index contributed by atoms with van der Waals surface area (Å²) in [7, 11) is 0. The Morgan fingerprint density at radius 3 is 2.50 bits per heavy atom. The molecule has 0 saturated heterocycles. The summed E-state index contributed by atoms with van der Waals surface area (Å²) in [6.07, 6.45) is 0. The lowest BCUT2D eigenvalue weighted by Gasteiger charge is -2.19. The van der Waals surface area contributed by atoms with Gasteiger partial charge >= 0.3 is 0 Å². The van der Waals surface area contributed by atoms with Gasteiger partial charge in [0.1, 0.15) is 5.75 Å². The molecule has 1 atom stereocenters. The van der Waals surface area contributed by atoms with E-state index in [1.165, 1.54) is 0 Å². The van der Waals surface area contributed by atoms with Crippen molar-refractivity contribution in [1.29, 1.82) is 0 Å². The summed E-state index contributed by atoms with van der Waals surface area (Å²) in [4.78, 5) is 0. The third-order valence-electron chi connectivity index (χ3n) is 1.84. The third-order valence-corrected chi connectivity index (χ3v) is 4.34. The highest BCUT2D eigenvalue weighted by Gasteiger charge is 2.15. The molecule has 0 saturated carbocycles. The summed E-state index contributed by atoms with van der Waals surface area (Å²) in [5.74, 6) is 0.530. The second kappa shape index (κ2) is 5.70. The zero-order valence-electron chi connectivity index (χ0n) is 9.29. The molecule has 6 heteroatoms. The fourth-order valence-corrected chi connectivity index (χ4v) is 3.20. The summed E-state index contributed by atoms with van der Waals surface area (Å²) in [5.41, 5.74) is 0.896. The monoisotopic (exact) mass is 298 g/mol. The van der Waals surface area contributed by atoms with Gasteiger partial charge < -0.3 is 9.05 Å². The molecule has 0 radical (unpaired) electrons. The van der Waals surface area contributed by atoms with E-state index in [1.807, 2.05) is 13.8 Å². The molecule has 0 aliphatic heterocycles. The summed E-state index contributed by atoms with van der Waals surface area (Å²) >= 11 is 17.2. The number of rotatable bonds is 4. The fraction of sp³-hybridized carbons (Fsp3) is 0.400. The van der Waals surface area contributed by atoms with Crippen molar-refractivity contribution in [2.45, 2.75) is 13.8 Å². The Morgan fingerprint density at radius 2 is 1.94 bits per heavy atom. The molecule has 90 valence electrons. The second-order valence-corrected chi connectivity index (χ2v) is 8.10. The topological polar surface area (TPSA) is 18.5 Å². The molecule has 0 fully saturated rings. The van der Waals surface area contributed by atoms with Crippen LogP contribution in [0.5, 0.6) is 5.75 Å². The van der Waals surface area contributed by atoms with Crippen molar-refractivity contribution in [3.05, 3.63) is 27.7 Å². The van der Waals surface area contributed by atoms with Crippen LogP contribution in [0.15, 0.2) is 12.1 Å². The van der Waals surface area contributed by atoms with Gasteiger partial charge in [-0.15, -0.1) is 0 Å². The van der Waals surface area contributed by atoms with Crippen LogP contribution < -0.4 is 4.52 Å². The van der Waals surface area contributed by atoms with Crippen molar-refractivity contribution in [2.24, 2.45) is 0 Å². The van der Waals surface area contributed by atoms with E-state index in [1.54, 1.807) is 18.8 Å². The number of hydrogen-bond donors (Lipinski definition) is 0. The SMILES string of the molecule is CCOP(C)(=S)Oc1cc(C)c(Cl)cc1Cl. The first-order chi connectivity index (χ1) is 7.35. The quantitative estimate of drug-likeness (QED) is 0.754. The van der Waals surface area contributed by atoms with Gasteiger partial charge in [-0.2, -0.15) is 0 Å². The second-order valence-electron chi connectivity index (χ2n) is 3.31. The van der Waals surface area contributed by atoms with Crippen molar-refractivity contribution in [3.63, 3.8) is 0 Å². The van der Waals surface area contributed by atoms with E-state index in [4.69, 9.17) is 44.1 Å². The van der Waals surface area contributed by atoms with Crippen LogP contribution in [0, 0.1) is 6.92 Å². The maximum Gasteiger partial charge on any atom is 0.235 e. The highest BCUT2D eigenvalue weighted by Crippen LogP contribution is 2.47. The van der Waals surface area contributed by atoms with Gasteiger partial charge in [0, 0.05) is 11.7 Å². The van der Waals surface area contributed by atoms with Gasteiger partial charge in [0.15, 0.2) is 0 Å². The van der Waals surface area contributed by atoms with E-state index < -0.39 is 6.49 Å². The predicted octanol–water partition coefficient (Wildman–Crippen LogP) is 4.66. The van der Waals surface area contributed by atoms with Crippen molar-refractivity contribution in [1.82, 2.24) is 0 Å². The minimum Gasteiger partial charge on any atom is -0.442 e. The van der Waals surface area contributed by atoms with Crippen LogP contribution in [-0.2, 0) is 16.3 Å². The van der Waals surface area contributed by atoms with Crippen molar-refractivity contribution < 1.29 is 9.05 Å². The maximum atomic E-state index is 6.01. The molecular formula is C10H13Cl2O2PS. The summed E-state index contributed by atoms with van der Waals surface area (Å²) in [6.45, 7) is 3.78. The Kier molecular flexibility index (Phi) is 5.09. The summed E-state index contributed by atoms with van der Waals surface area (Å²) in [6, 6.07) is 3.42. The van der Waals surface area contributed by atoms with Gasteiger partial charge in [-0.25, -0.2) is 0 Å². The predicted molar refractivity (Wildman–Crippen MR) is 73.7 cm³/mol. The standard InChI is InChI=1S/C10H13Cl2O2PS/c1-4-13-15(3,16)14-10-5-7(2)8(11)6-9(10)12/h5-6H,4H2,1-3H3. The smallest absolute Gasteiger partial charge is 0.235 e. The molecule has 0 amide bonds. The molecule has 0 heterocycles. The number of hydrogen-bond acceptors (Lipinski definition) is 3. The zero-order valence-corrected chi connectivity index (χ0v) is 12.5. The molecule has 0 N–H and O–H groups in total. The van der Waals surface area contributed by atoms with Crippen LogP contribution in [-0.4, -0.2) is 13.3 Å². The average molecular weight is 299 g/mol. The number of benzene rings is 1. The molecule has 16 heavy (non-hydrogen) atoms. The lowest BCUT2D eigenvalue weighted by atomic mass is 10.2. The molecule has 2 nitrogen and oxygen atoms in total. The van der Waals surface area contributed by atoms with Crippen LogP contribution >= 0.6 is 29.7 Å². The largest absolute Gasteiger partial charge is 0.442 e. The molecule has 1 unspecified atom stereocenters. The number of halogens is 2. The van der Waals surface area contributed by atoms with E-state index in [-0.39, 0.29) is 0 Å². The Balaban J connectivity index is 2.98. The van der Waals surface area contributed by atoms with Crippen LogP contribution in [0.2, 0.25) is 10.0 Å². The first kappa shape index (κ1) is 14.3. The number of aryl methyl sites for hydroxylation is 1. The Labute approximate surface area is 111 Å². The molecule has 0 aliphatic carbocycles. The fourth-order valence-electron chi connectivity index (χ4n) is 1.14. The molecule has 1 aromatic carbocycles. The summed E-state index contributed by atoms with van der Waals surface area (Å²) < 4.78 is 11.0. The van der Waals surface area contributed by atoms with Gasteiger partial charge in [0.05, 0.1) is 11.6 Å². The molecule has 1 rings (SSSR count). The molecule has 0 aromatic heterocycles. The minimum absolute atomic E-state index is 0.450. The van der Waals surface area contributed by atoms with Gasteiger partial charge in [-0.1, -0.05) is 23.2 Å². The molecular weight excluding hydrogens is 286 g/mol. The van der Waals surface area contributed by atoms with Gasteiger partial charge in [-0.3, -0.25) is 0 Å². The molecule has 1 aromatic rings.